The molecule has 2 N–H and O–H groups in total. The van der Waals surface area contributed by atoms with Crippen LogP contribution in [0.25, 0.3) is 22.2 Å². The van der Waals surface area contributed by atoms with E-state index in [0.717, 1.165) is 35.0 Å². The maximum absolute atomic E-state index is 12.1. The molecule has 0 aliphatic rings. The normalized spacial score (nSPS) is 12.4. The van der Waals surface area contributed by atoms with Crippen molar-refractivity contribution in [3.05, 3.63) is 35.8 Å². The van der Waals surface area contributed by atoms with Gasteiger partial charge in [-0.05, 0) is 19.4 Å². The fourth-order valence-corrected chi connectivity index (χ4v) is 3.14. The van der Waals surface area contributed by atoms with Gasteiger partial charge in [0.2, 0.25) is 0 Å². The number of aromatic nitrogens is 2. The number of nitrogens with zero attached hydrogens (tertiary/aromatic N) is 1. The predicted octanol–water partition coefficient (Wildman–Crippen LogP) is 4.44. The van der Waals surface area contributed by atoms with Gasteiger partial charge in [0.25, 0.3) is 5.91 Å². The summed E-state index contributed by atoms with van der Waals surface area (Å²) in [5.74, 6) is -0.161. The fourth-order valence-electron chi connectivity index (χ4n) is 2.43. The summed E-state index contributed by atoms with van der Waals surface area (Å²) >= 11 is 1.42. The SMILES string of the molecule is CCCCO[C@@H](C)C(=O)Nc1nc(-c2c[nH]c3ccccc23)cs1. The first kappa shape index (κ1) is 16.7. The van der Waals surface area contributed by atoms with Crippen LogP contribution >= 0.6 is 11.3 Å². The molecule has 0 saturated heterocycles. The van der Waals surface area contributed by atoms with Crippen LogP contribution in [-0.2, 0) is 9.53 Å². The molecule has 0 saturated carbocycles. The maximum atomic E-state index is 12.1. The second-order valence-corrected chi connectivity index (χ2v) is 6.50. The van der Waals surface area contributed by atoms with Crippen LogP contribution in [0.1, 0.15) is 26.7 Å². The van der Waals surface area contributed by atoms with Gasteiger partial charge in [0, 0.05) is 34.7 Å². The molecular formula is C18H21N3O2S. The first-order chi connectivity index (χ1) is 11.7. The van der Waals surface area contributed by atoms with Crippen LogP contribution in [0.15, 0.2) is 35.8 Å². The summed E-state index contributed by atoms with van der Waals surface area (Å²) in [6.07, 6.45) is 3.48. The number of para-hydroxylation sites is 1. The number of fused-ring (bicyclic) bond motifs is 1. The zero-order valence-corrected chi connectivity index (χ0v) is 14.7. The maximum Gasteiger partial charge on any atom is 0.254 e. The highest BCUT2D eigenvalue weighted by atomic mass is 32.1. The third kappa shape index (κ3) is 3.66. The first-order valence-electron chi connectivity index (χ1n) is 8.13. The lowest BCUT2D eigenvalue weighted by molar-refractivity contribution is -0.126. The van der Waals surface area contributed by atoms with Crippen molar-refractivity contribution in [2.75, 3.05) is 11.9 Å². The highest BCUT2D eigenvalue weighted by Gasteiger charge is 2.16. The lowest BCUT2D eigenvalue weighted by Crippen LogP contribution is -2.28. The van der Waals surface area contributed by atoms with Crippen molar-refractivity contribution in [1.29, 1.82) is 0 Å². The van der Waals surface area contributed by atoms with Gasteiger partial charge in [-0.1, -0.05) is 31.5 Å². The minimum absolute atomic E-state index is 0.161. The molecule has 0 aliphatic heterocycles. The van der Waals surface area contributed by atoms with Gasteiger partial charge in [-0.3, -0.25) is 10.1 Å². The molecule has 0 unspecified atom stereocenters. The van der Waals surface area contributed by atoms with E-state index in [1.165, 1.54) is 11.3 Å². The Labute approximate surface area is 145 Å². The molecule has 6 heteroatoms. The Kier molecular flexibility index (Phi) is 5.27. The van der Waals surface area contributed by atoms with E-state index in [-0.39, 0.29) is 5.91 Å². The molecule has 3 aromatic rings. The quantitative estimate of drug-likeness (QED) is 0.623. The zero-order chi connectivity index (χ0) is 16.9. The number of ether oxygens (including phenoxy) is 1. The number of aromatic amines is 1. The van der Waals surface area contributed by atoms with Crippen molar-refractivity contribution in [2.45, 2.75) is 32.8 Å². The third-order valence-corrected chi connectivity index (χ3v) is 4.59. The van der Waals surface area contributed by atoms with Crippen molar-refractivity contribution in [3.8, 4) is 11.3 Å². The Balaban J connectivity index is 1.68. The number of hydrogen-bond acceptors (Lipinski definition) is 4. The van der Waals surface area contributed by atoms with Crippen LogP contribution in [0.5, 0.6) is 0 Å². The van der Waals surface area contributed by atoms with Crippen molar-refractivity contribution < 1.29 is 9.53 Å². The van der Waals surface area contributed by atoms with Crippen LogP contribution in [0.2, 0.25) is 0 Å². The summed E-state index contributed by atoms with van der Waals surface area (Å²) in [6.45, 7) is 4.46. The topological polar surface area (TPSA) is 67.0 Å². The van der Waals surface area contributed by atoms with Gasteiger partial charge in [0.15, 0.2) is 5.13 Å². The molecule has 126 valence electrons. The molecule has 24 heavy (non-hydrogen) atoms. The average molecular weight is 343 g/mol. The van der Waals surface area contributed by atoms with E-state index in [9.17, 15) is 4.79 Å². The Bertz CT molecular complexity index is 824. The Morgan fingerprint density at radius 2 is 2.25 bits per heavy atom. The zero-order valence-electron chi connectivity index (χ0n) is 13.8. The molecule has 0 radical (unpaired) electrons. The number of thiazole rings is 1. The van der Waals surface area contributed by atoms with E-state index in [0.29, 0.717) is 11.7 Å². The molecule has 1 aromatic carbocycles. The van der Waals surface area contributed by atoms with Gasteiger partial charge in [-0.2, -0.15) is 0 Å². The van der Waals surface area contributed by atoms with Crippen LogP contribution < -0.4 is 5.32 Å². The summed E-state index contributed by atoms with van der Waals surface area (Å²) < 4.78 is 5.51. The van der Waals surface area contributed by atoms with Gasteiger partial charge in [-0.15, -0.1) is 11.3 Å². The van der Waals surface area contributed by atoms with Crippen molar-refractivity contribution >= 4 is 33.3 Å². The minimum Gasteiger partial charge on any atom is -0.369 e. The number of H-pyrrole nitrogens is 1. The number of carbonyl (C=O) groups excluding carboxylic acids is 1. The summed E-state index contributed by atoms with van der Waals surface area (Å²) in [5, 5.41) is 6.50. The molecule has 2 aromatic heterocycles. The van der Waals surface area contributed by atoms with Crippen LogP contribution in [0.4, 0.5) is 5.13 Å². The molecule has 3 rings (SSSR count). The van der Waals surface area contributed by atoms with Crippen molar-refractivity contribution in [1.82, 2.24) is 9.97 Å². The molecule has 0 fully saturated rings. The first-order valence-corrected chi connectivity index (χ1v) is 9.01. The molecule has 0 spiro atoms. The molecule has 0 aliphatic carbocycles. The Morgan fingerprint density at radius 1 is 1.42 bits per heavy atom. The minimum atomic E-state index is -0.475. The van der Waals surface area contributed by atoms with Crippen molar-refractivity contribution in [3.63, 3.8) is 0 Å². The van der Waals surface area contributed by atoms with E-state index < -0.39 is 6.10 Å². The molecular weight excluding hydrogens is 322 g/mol. The van der Waals surface area contributed by atoms with Crippen LogP contribution in [0, 0.1) is 0 Å². The Morgan fingerprint density at radius 3 is 3.08 bits per heavy atom. The number of nitrogens with one attached hydrogen (secondary N) is 2. The third-order valence-electron chi connectivity index (χ3n) is 3.83. The molecule has 0 bridgehead atoms. The fraction of sp³-hybridized carbons (Fsp3) is 0.333. The summed E-state index contributed by atoms with van der Waals surface area (Å²) in [4.78, 5) is 19.9. The molecule has 1 atom stereocenters. The summed E-state index contributed by atoms with van der Waals surface area (Å²) in [5.41, 5.74) is 2.96. The summed E-state index contributed by atoms with van der Waals surface area (Å²) in [6, 6.07) is 8.09. The molecule has 2 heterocycles. The standard InChI is InChI=1S/C18H21N3O2S/c1-3-4-9-23-12(2)17(22)21-18-20-16(11-24-18)14-10-19-15-8-6-5-7-13(14)15/h5-8,10-12,19H,3-4,9H2,1-2H3,(H,20,21,22)/t12-/m0/s1. The number of carbonyl (C=O) groups is 1. The second kappa shape index (κ2) is 7.59. The largest absolute Gasteiger partial charge is 0.369 e. The number of amides is 1. The lowest BCUT2D eigenvalue weighted by atomic mass is 10.1. The molecule has 1 amide bonds. The smallest absolute Gasteiger partial charge is 0.254 e. The molecule has 5 nitrogen and oxygen atoms in total. The van der Waals surface area contributed by atoms with Gasteiger partial charge in [-0.25, -0.2) is 4.98 Å². The Hall–Kier alpha value is -2.18. The highest BCUT2D eigenvalue weighted by molar-refractivity contribution is 7.14. The van der Waals surface area contributed by atoms with Crippen LogP contribution in [-0.4, -0.2) is 28.6 Å². The second-order valence-electron chi connectivity index (χ2n) is 5.64. The monoisotopic (exact) mass is 343 g/mol. The van der Waals surface area contributed by atoms with Gasteiger partial charge in [0.1, 0.15) is 6.10 Å². The predicted molar refractivity (Wildman–Crippen MR) is 98.4 cm³/mol. The van der Waals surface area contributed by atoms with E-state index in [4.69, 9.17) is 4.74 Å². The van der Waals surface area contributed by atoms with Crippen molar-refractivity contribution in [2.24, 2.45) is 0 Å². The van der Waals surface area contributed by atoms with Crippen LogP contribution in [0.3, 0.4) is 0 Å². The number of benzene rings is 1. The lowest BCUT2D eigenvalue weighted by Gasteiger charge is -2.11. The number of hydrogen-bond donors (Lipinski definition) is 2. The number of unbranched alkanes of at least 4 members (excludes halogenated alkanes) is 1. The van der Waals surface area contributed by atoms with Gasteiger partial charge in [0.05, 0.1) is 5.69 Å². The van der Waals surface area contributed by atoms with E-state index in [1.54, 1.807) is 6.92 Å². The number of rotatable bonds is 7. The van der Waals surface area contributed by atoms with Gasteiger partial charge >= 0.3 is 0 Å². The van der Waals surface area contributed by atoms with E-state index in [2.05, 4.69) is 28.3 Å². The van der Waals surface area contributed by atoms with E-state index >= 15 is 0 Å². The summed E-state index contributed by atoms with van der Waals surface area (Å²) in [7, 11) is 0. The van der Waals surface area contributed by atoms with Gasteiger partial charge < -0.3 is 9.72 Å². The average Bonchev–Trinajstić information content (AvgIpc) is 3.21. The van der Waals surface area contributed by atoms with E-state index in [1.807, 2.05) is 29.8 Å². The number of anilines is 1. The highest BCUT2D eigenvalue weighted by Crippen LogP contribution is 2.30.